The summed E-state index contributed by atoms with van der Waals surface area (Å²) < 4.78 is 4.77. The van der Waals surface area contributed by atoms with Crippen LogP contribution >= 0.6 is 0 Å². The Hall–Kier alpha value is -3.48. The van der Waals surface area contributed by atoms with Crippen molar-refractivity contribution in [1.82, 2.24) is 15.0 Å². The lowest BCUT2D eigenvalue weighted by Gasteiger charge is -2.10. The number of ether oxygens (including phenoxy) is 1. The summed E-state index contributed by atoms with van der Waals surface area (Å²) in [5.74, 6) is 0.323. The number of nitrogens with zero attached hydrogens (tertiary/aromatic N) is 3. The van der Waals surface area contributed by atoms with Gasteiger partial charge in [0.25, 0.3) is 0 Å². The van der Waals surface area contributed by atoms with Gasteiger partial charge in [-0.1, -0.05) is 42.5 Å². The maximum atomic E-state index is 11.8. The highest BCUT2D eigenvalue weighted by Crippen LogP contribution is 2.22. The van der Waals surface area contributed by atoms with Gasteiger partial charge in [-0.25, -0.2) is 4.79 Å². The molecule has 0 spiro atoms. The van der Waals surface area contributed by atoms with E-state index in [9.17, 15) is 4.79 Å². The molecule has 0 unspecified atom stereocenters. The number of methoxy groups -OCH3 is 1. The molecule has 3 rings (SSSR count). The second-order valence-corrected chi connectivity index (χ2v) is 4.87. The zero-order chi connectivity index (χ0) is 16.9. The van der Waals surface area contributed by atoms with E-state index in [1.54, 1.807) is 24.3 Å². The molecule has 0 radical (unpaired) electrons. The van der Waals surface area contributed by atoms with Crippen molar-refractivity contribution in [3.05, 3.63) is 60.2 Å². The fourth-order valence-electron chi connectivity index (χ4n) is 2.17. The first-order valence-electron chi connectivity index (χ1n) is 7.18. The predicted octanol–water partition coefficient (Wildman–Crippen LogP) is 2.65. The second kappa shape index (κ2) is 6.74. The normalized spacial score (nSPS) is 10.2. The number of benzene rings is 2. The van der Waals surface area contributed by atoms with Crippen molar-refractivity contribution in [2.24, 2.45) is 0 Å². The SMILES string of the molecule is COC(=O)c1ccccc1Nc1nc(N)nc(-c2ccccc2)n1. The van der Waals surface area contributed by atoms with E-state index >= 15 is 0 Å². The van der Waals surface area contributed by atoms with Gasteiger partial charge in [-0.3, -0.25) is 0 Å². The largest absolute Gasteiger partial charge is 0.465 e. The Morgan fingerprint density at radius 1 is 1.00 bits per heavy atom. The number of aromatic nitrogens is 3. The quantitative estimate of drug-likeness (QED) is 0.712. The summed E-state index contributed by atoms with van der Waals surface area (Å²) in [4.78, 5) is 24.4. The van der Waals surface area contributed by atoms with Crippen LogP contribution in [-0.2, 0) is 4.74 Å². The highest BCUT2D eigenvalue weighted by molar-refractivity contribution is 5.96. The van der Waals surface area contributed by atoms with Gasteiger partial charge < -0.3 is 15.8 Å². The summed E-state index contributed by atoms with van der Waals surface area (Å²) in [7, 11) is 1.33. The minimum atomic E-state index is -0.455. The van der Waals surface area contributed by atoms with Crippen molar-refractivity contribution >= 4 is 23.6 Å². The Labute approximate surface area is 138 Å². The number of esters is 1. The average molecular weight is 321 g/mol. The molecule has 7 heteroatoms. The van der Waals surface area contributed by atoms with E-state index in [-0.39, 0.29) is 11.9 Å². The van der Waals surface area contributed by atoms with Crippen molar-refractivity contribution in [3.8, 4) is 11.4 Å². The van der Waals surface area contributed by atoms with Gasteiger partial charge in [0.15, 0.2) is 5.82 Å². The summed E-state index contributed by atoms with van der Waals surface area (Å²) in [5, 5.41) is 3.00. The summed E-state index contributed by atoms with van der Waals surface area (Å²) in [5.41, 5.74) is 7.49. The highest BCUT2D eigenvalue weighted by atomic mass is 16.5. The zero-order valence-corrected chi connectivity index (χ0v) is 12.9. The first-order valence-corrected chi connectivity index (χ1v) is 7.18. The fraction of sp³-hybridized carbons (Fsp3) is 0.0588. The lowest BCUT2D eigenvalue weighted by atomic mass is 10.2. The van der Waals surface area contributed by atoms with Gasteiger partial charge >= 0.3 is 5.97 Å². The molecule has 24 heavy (non-hydrogen) atoms. The van der Waals surface area contributed by atoms with Gasteiger partial charge in [-0.2, -0.15) is 15.0 Å². The third-order valence-corrected chi connectivity index (χ3v) is 3.26. The van der Waals surface area contributed by atoms with Crippen LogP contribution in [0.15, 0.2) is 54.6 Å². The third kappa shape index (κ3) is 3.30. The molecule has 0 fully saturated rings. The molecule has 0 aliphatic heterocycles. The van der Waals surface area contributed by atoms with E-state index in [4.69, 9.17) is 10.5 Å². The van der Waals surface area contributed by atoms with Crippen LogP contribution in [0.2, 0.25) is 0 Å². The molecule has 0 bridgehead atoms. The van der Waals surface area contributed by atoms with Gasteiger partial charge in [0.2, 0.25) is 11.9 Å². The van der Waals surface area contributed by atoms with Gasteiger partial charge in [-0.05, 0) is 12.1 Å². The molecule has 0 aliphatic rings. The highest BCUT2D eigenvalue weighted by Gasteiger charge is 2.13. The minimum Gasteiger partial charge on any atom is -0.465 e. The number of hydrogen-bond acceptors (Lipinski definition) is 7. The molecule has 0 saturated carbocycles. The van der Waals surface area contributed by atoms with Crippen molar-refractivity contribution in [1.29, 1.82) is 0 Å². The number of para-hydroxylation sites is 1. The Kier molecular flexibility index (Phi) is 4.33. The van der Waals surface area contributed by atoms with E-state index < -0.39 is 5.97 Å². The minimum absolute atomic E-state index is 0.0851. The topological polar surface area (TPSA) is 103 Å². The molecule has 2 aromatic carbocycles. The number of anilines is 3. The van der Waals surface area contributed by atoms with Gasteiger partial charge in [-0.15, -0.1) is 0 Å². The Morgan fingerprint density at radius 2 is 1.71 bits per heavy atom. The van der Waals surface area contributed by atoms with E-state index in [1.165, 1.54) is 7.11 Å². The number of rotatable bonds is 4. The van der Waals surface area contributed by atoms with E-state index in [0.29, 0.717) is 17.1 Å². The number of nitrogens with one attached hydrogen (secondary N) is 1. The monoisotopic (exact) mass is 321 g/mol. The van der Waals surface area contributed by atoms with Crippen LogP contribution in [0.5, 0.6) is 0 Å². The van der Waals surface area contributed by atoms with Gasteiger partial charge in [0.1, 0.15) is 0 Å². The fourth-order valence-corrected chi connectivity index (χ4v) is 2.17. The molecular weight excluding hydrogens is 306 g/mol. The first-order chi connectivity index (χ1) is 11.7. The Bertz CT molecular complexity index is 868. The molecule has 0 aliphatic carbocycles. The van der Waals surface area contributed by atoms with Crippen LogP contribution in [0.25, 0.3) is 11.4 Å². The smallest absolute Gasteiger partial charge is 0.339 e. The Morgan fingerprint density at radius 3 is 2.46 bits per heavy atom. The molecule has 0 saturated heterocycles. The average Bonchev–Trinajstić information content (AvgIpc) is 2.62. The number of carbonyl (C=O) groups excluding carboxylic acids is 1. The summed E-state index contributed by atoms with van der Waals surface area (Å²) in [6.45, 7) is 0. The van der Waals surface area contributed by atoms with Crippen LogP contribution in [0.4, 0.5) is 17.6 Å². The van der Waals surface area contributed by atoms with Crippen molar-refractivity contribution in [2.45, 2.75) is 0 Å². The van der Waals surface area contributed by atoms with Crippen molar-refractivity contribution in [2.75, 3.05) is 18.2 Å². The van der Waals surface area contributed by atoms with Crippen LogP contribution in [0.3, 0.4) is 0 Å². The molecule has 3 aromatic rings. The molecule has 1 aromatic heterocycles. The van der Waals surface area contributed by atoms with Crippen LogP contribution in [-0.4, -0.2) is 28.0 Å². The van der Waals surface area contributed by atoms with Gasteiger partial charge in [0, 0.05) is 5.56 Å². The number of nitrogens with two attached hydrogens (primary N) is 1. The molecule has 120 valence electrons. The van der Waals surface area contributed by atoms with Crippen LogP contribution < -0.4 is 11.1 Å². The molecule has 3 N–H and O–H groups in total. The van der Waals surface area contributed by atoms with Gasteiger partial charge in [0.05, 0.1) is 18.4 Å². The standard InChI is InChI=1S/C17H15N5O2/c1-24-15(23)12-9-5-6-10-13(12)19-17-21-14(20-16(18)22-17)11-7-3-2-4-8-11/h2-10H,1H3,(H3,18,19,20,21,22). The molecule has 0 atom stereocenters. The summed E-state index contributed by atoms with van der Waals surface area (Å²) in [6.07, 6.45) is 0. The van der Waals surface area contributed by atoms with E-state index in [1.807, 2.05) is 30.3 Å². The van der Waals surface area contributed by atoms with E-state index in [2.05, 4.69) is 20.3 Å². The molecule has 7 nitrogen and oxygen atoms in total. The molecular formula is C17H15N5O2. The van der Waals surface area contributed by atoms with Crippen LogP contribution in [0, 0.1) is 0 Å². The predicted molar refractivity (Wildman–Crippen MR) is 90.7 cm³/mol. The first kappa shape index (κ1) is 15.4. The van der Waals surface area contributed by atoms with Crippen molar-refractivity contribution < 1.29 is 9.53 Å². The van der Waals surface area contributed by atoms with Crippen molar-refractivity contribution in [3.63, 3.8) is 0 Å². The van der Waals surface area contributed by atoms with E-state index in [0.717, 1.165) is 5.56 Å². The zero-order valence-electron chi connectivity index (χ0n) is 12.9. The number of carbonyl (C=O) groups is 1. The molecule has 1 heterocycles. The maximum absolute atomic E-state index is 11.8. The third-order valence-electron chi connectivity index (χ3n) is 3.26. The summed E-state index contributed by atoms with van der Waals surface area (Å²) in [6, 6.07) is 16.3. The Balaban J connectivity index is 1.97. The lowest BCUT2D eigenvalue weighted by molar-refractivity contribution is 0.0602. The maximum Gasteiger partial charge on any atom is 0.339 e. The molecule has 0 amide bonds. The summed E-state index contributed by atoms with van der Waals surface area (Å²) >= 11 is 0. The lowest BCUT2D eigenvalue weighted by Crippen LogP contribution is -2.09. The number of nitrogen functional groups attached to an aromatic ring is 1. The number of hydrogen-bond donors (Lipinski definition) is 2. The second-order valence-electron chi connectivity index (χ2n) is 4.87. The van der Waals surface area contributed by atoms with Crippen LogP contribution in [0.1, 0.15) is 10.4 Å².